The molecule has 0 unspecified atom stereocenters. The molecule has 94 valence electrons. The van der Waals surface area contributed by atoms with Crippen LogP contribution in [0.3, 0.4) is 0 Å². The van der Waals surface area contributed by atoms with Gasteiger partial charge in [0.15, 0.2) is 5.16 Å². The standard InChI is InChI=1S/C13H9N3O2S/c17-12(18)10-5-6-11(19-13-14-7-15-16-13)9-4-2-1-3-8(9)10/h1-7H,(H,17,18)(H,14,15,16). The fourth-order valence-electron chi connectivity index (χ4n) is 1.89. The molecule has 0 atom stereocenters. The molecule has 0 amide bonds. The summed E-state index contributed by atoms with van der Waals surface area (Å²) in [6.45, 7) is 0. The van der Waals surface area contributed by atoms with Crippen LogP contribution in [0, 0.1) is 0 Å². The van der Waals surface area contributed by atoms with Crippen molar-refractivity contribution in [3.63, 3.8) is 0 Å². The number of nitrogens with one attached hydrogen (secondary N) is 1. The van der Waals surface area contributed by atoms with E-state index in [0.717, 1.165) is 15.7 Å². The van der Waals surface area contributed by atoms with Crippen LogP contribution in [0.1, 0.15) is 10.4 Å². The molecule has 0 saturated carbocycles. The van der Waals surface area contributed by atoms with Gasteiger partial charge in [0, 0.05) is 4.90 Å². The van der Waals surface area contributed by atoms with E-state index >= 15 is 0 Å². The zero-order valence-corrected chi connectivity index (χ0v) is 10.5. The van der Waals surface area contributed by atoms with Crippen molar-refractivity contribution in [2.45, 2.75) is 10.1 Å². The van der Waals surface area contributed by atoms with Crippen LogP contribution in [-0.2, 0) is 0 Å². The van der Waals surface area contributed by atoms with E-state index in [1.165, 1.54) is 18.1 Å². The fourth-order valence-corrected chi connectivity index (χ4v) is 2.73. The van der Waals surface area contributed by atoms with Gasteiger partial charge in [-0.25, -0.2) is 9.78 Å². The number of aromatic nitrogens is 3. The van der Waals surface area contributed by atoms with Gasteiger partial charge < -0.3 is 5.11 Å². The minimum absolute atomic E-state index is 0.303. The SMILES string of the molecule is O=C(O)c1ccc(Sc2ncn[nH]2)c2ccccc12. The number of fused-ring (bicyclic) bond motifs is 1. The van der Waals surface area contributed by atoms with E-state index in [0.29, 0.717) is 10.7 Å². The van der Waals surface area contributed by atoms with Crippen molar-refractivity contribution < 1.29 is 9.90 Å². The Kier molecular flexibility index (Phi) is 2.92. The lowest BCUT2D eigenvalue weighted by Gasteiger charge is -2.07. The van der Waals surface area contributed by atoms with Gasteiger partial charge in [0.1, 0.15) is 6.33 Å². The summed E-state index contributed by atoms with van der Waals surface area (Å²) < 4.78 is 0. The zero-order valence-electron chi connectivity index (χ0n) is 9.70. The Labute approximate surface area is 112 Å². The second-order valence-corrected chi connectivity index (χ2v) is 4.89. The summed E-state index contributed by atoms with van der Waals surface area (Å²) in [6.07, 6.45) is 1.44. The van der Waals surface area contributed by atoms with Crippen LogP contribution >= 0.6 is 11.8 Å². The molecule has 1 heterocycles. The molecule has 3 aromatic rings. The lowest BCUT2D eigenvalue weighted by molar-refractivity contribution is 0.0699. The molecule has 0 spiro atoms. The number of nitrogens with zero attached hydrogens (tertiary/aromatic N) is 2. The summed E-state index contributed by atoms with van der Waals surface area (Å²) in [4.78, 5) is 16.2. The molecule has 0 saturated heterocycles. The first kappa shape index (κ1) is 11.7. The summed E-state index contributed by atoms with van der Waals surface area (Å²) >= 11 is 1.42. The minimum atomic E-state index is -0.924. The fraction of sp³-hybridized carbons (Fsp3) is 0. The lowest BCUT2D eigenvalue weighted by atomic mass is 10.0. The quantitative estimate of drug-likeness (QED) is 0.765. The molecule has 0 aliphatic heterocycles. The Bertz CT molecular complexity index is 741. The third-order valence-electron chi connectivity index (χ3n) is 2.71. The summed E-state index contributed by atoms with van der Waals surface area (Å²) in [5.74, 6) is -0.924. The third kappa shape index (κ3) is 2.17. The Balaban J connectivity index is 2.16. The monoisotopic (exact) mass is 271 g/mol. The van der Waals surface area contributed by atoms with Gasteiger partial charge in [0.25, 0.3) is 0 Å². The lowest BCUT2D eigenvalue weighted by Crippen LogP contribution is -1.97. The maximum absolute atomic E-state index is 11.2. The van der Waals surface area contributed by atoms with Crippen LogP contribution in [0.2, 0.25) is 0 Å². The van der Waals surface area contributed by atoms with Gasteiger partial charge in [-0.2, -0.15) is 5.10 Å². The summed E-state index contributed by atoms with van der Waals surface area (Å²) in [5, 5.41) is 18.0. The number of hydrogen-bond donors (Lipinski definition) is 2. The number of H-pyrrole nitrogens is 1. The Hall–Kier alpha value is -2.34. The number of carbonyl (C=O) groups is 1. The second-order valence-electron chi connectivity index (χ2n) is 3.85. The molecule has 0 bridgehead atoms. The van der Waals surface area contributed by atoms with Crippen molar-refractivity contribution in [3.05, 3.63) is 48.3 Å². The van der Waals surface area contributed by atoms with Crippen LogP contribution in [-0.4, -0.2) is 26.3 Å². The van der Waals surface area contributed by atoms with E-state index in [2.05, 4.69) is 15.2 Å². The molecule has 1 aromatic heterocycles. The zero-order chi connectivity index (χ0) is 13.2. The van der Waals surface area contributed by atoms with Gasteiger partial charge in [0.05, 0.1) is 5.56 Å². The molecule has 6 heteroatoms. The third-order valence-corrected chi connectivity index (χ3v) is 3.68. The number of aromatic carboxylic acids is 1. The molecule has 2 N–H and O–H groups in total. The molecule has 2 aromatic carbocycles. The van der Waals surface area contributed by atoms with Gasteiger partial charge in [-0.1, -0.05) is 24.3 Å². The highest BCUT2D eigenvalue weighted by Gasteiger charge is 2.12. The predicted octanol–water partition coefficient (Wildman–Crippen LogP) is 2.81. The van der Waals surface area contributed by atoms with Crippen LogP contribution in [0.15, 0.2) is 52.8 Å². The van der Waals surface area contributed by atoms with Crippen LogP contribution in [0.4, 0.5) is 0 Å². The highest BCUT2D eigenvalue weighted by Crippen LogP contribution is 2.33. The molecule has 0 aliphatic rings. The summed E-state index contributed by atoms with van der Waals surface area (Å²) in [7, 11) is 0. The second kappa shape index (κ2) is 4.74. The molecule has 19 heavy (non-hydrogen) atoms. The molecular weight excluding hydrogens is 262 g/mol. The first-order chi connectivity index (χ1) is 9.25. The van der Waals surface area contributed by atoms with E-state index < -0.39 is 5.97 Å². The highest BCUT2D eigenvalue weighted by molar-refractivity contribution is 7.99. The van der Waals surface area contributed by atoms with Crippen molar-refractivity contribution in [2.24, 2.45) is 0 Å². The van der Waals surface area contributed by atoms with Crippen molar-refractivity contribution in [3.8, 4) is 0 Å². The number of benzene rings is 2. The van der Waals surface area contributed by atoms with Crippen molar-refractivity contribution in [1.29, 1.82) is 0 Å². The Morgan fingerprint density at radius 2 is 1.95 bits per heavy atom. The first-order valence-electron chi connectivity index (χ1n) is 5.54. The molecule has 3 rings (SSSR count). The number of rotatable bonds is 3. The number of carboxylic acid groups (broad SMARTS) is 1. The predicted molar refractivity (Wildman–Crippen MR) is 71.4 cm³/mol. The van der Waals surface area contributed by atoms with Crippen LogP contribution in [0.5, 0.6) is 0 Å². The normalized spacial score (nSPS) is 10.7. The maximum atomic E-state index is 11.2. The molecule has 5 nitrogen and oxygen atoms in total. The van der Waals surface area contributed by atoms with E-state index in [-0.39, 0.29) is 0 Å². The van der Waals surface area contributed by atoms with Gasteiger partial charge in [0.2, 0.25) is 0 Å². The maximum Gasteiger partial charge on any atom is 0.336 e. The molecule has 0 radical (unpaired) electrons. The number of aromatic amines is 1. The summed E-state index contributed by atoms with van der Waals surface area (Å²) in [5.41, 5.74) is 0.303. The van der Waals surface area contributed by atoms with Gasteiger partial charge in [-0.15, -0.1) is 0 Å². The average molecular weight is 271 g/mol. The van der Waals surface area contributed by atoms with E-state index in [1.807, 2.05) is 24.3 Å². The van der Waals surface area contributed by atoms with Gasteiger partial charge in [-0.3, -0.25) is 5.10 Å². The molecule has 0 aliphatic carbocycles. The number of hydrogen-bond acceptors (Lipinski definition) is 4. The smallest absolute Gasteiger partial charge is 0.336 e. The highest BCUT2D eigenvalue weighted by atomic mass is 32.2. The van der Waals surface area contributed by atoms with Gasteiger partial charge >= 0.3 is 5.97 Å². The number of carboxylic acids is 1. The largest absolute Gasteiger partial charge is 0.478 e. The van der Waals surface area contributed by atoms with Crippen molar-refractivity contribution in [1.82, 2.24) is 15.2 Å². The van der Waals surface area contributed by atoms with E-state index in [1.54, 1.807) is 12.1 Å². The van der Waals surface area contributed by atoms with Gasteiger partial charge in [-0.05, 0) is 34.7 Å². The Morgan fingerprint density at radius 3 is 2.63 bits per heavy atom. The summed E-state index contributed by atoms with van der Waals surface area (Å²) in [6, 6.07) is 10.8. The molecule has 0 fully saturated rings. The van der Waals surface area contributed by atoms with E-state index in [9.17, 15) is 9.90 Å². The molecular formula is C13H9N3O2S. The van der Waals surface area contributed by atoms with Crippen LogP contribution in [0.25, 0.3) is 10.8 Å². The topological polar surface area (TPSA) is 78.9 Å². The Morgan fingerprint density at radius 1 is 1.16 bits per heavy atom. The van der Waals surface area contributed by atoms with Crippen molar-refractivity contribution in [2.75, 3.05) is 0 Å². The van der Waals surface area contributed by atoms with E-state index in [4.69, 9.17) is 0 Å². The minimum Gasteiger partial charge on any atom is -0.478 e. The average Bonchev–Trinajstić information content (AvgIpc) is 2.91. The van der Waals surface area contributed by atoms with Crippen LogP contribution < -0.4 is 0 Å². The first-order valence-corrected chi connectivity index (χ1v) is 6.35. The van der Waals surface area contributed by atoms with Crippen molar-refractivity contribution >= 4 is 28.5 Å².